The van der Waals surface area contributed by atoms with Crippen molar-refractivity contribution in [1.29, 1.82) is 0 Å². The van der Waals surface area contributed by atoms with Crippen molar-refractivity contribution in [3.05, 3.63) is 12.7 Å². The first-order valence-corrected chi connectivity index (χ1v) is 8.75. The van der Waals surface area contributed by atoms with Crippen molar-refractivity contribution in [2.24, 2.45) is 5.92 Å². The summed E-state index contributed by atoms with van der Waals surface area (Å²) in [7, 11) is 0. The van der Waals surface area contributed by atoms with Gasteiger partial charge in [0, 0.05) is 6.04 Å². The van der Waals surface area contributed by atoms with Crippen LogP contribution in [0.2, 0.25) is 0 Å². The third-order valence-corrected chi connectivity index (χ3v) is 3.74. The zero-order valence-electron chi connectivity index (χ0n) is 16.1. The van der Waals surface area contributed by atoms with E-state index in [1.54, 1.807) is 41.5 Å². The molecule has 0 saturated carbocycles. The molecule has 1 aliphatic heterocycles. The van der Waals surface area contributed by atoms with Crippen molar-refractivity contribution in [3.63, 3.8) is 0 Å². The Kier molecular flexibility index (Phi) is 7.02. The van der Waals surface area contributed by atoms with E-state index in [2.05, 4.69) is 11.5 Å². The normalized spacial score (nSPS) is 17.6. The summed E-state index contributed by atoms with van der Waals surface area (Å²) >= 11 is 0. The average Bonchev–Trinajstić information content (AvgIpc) is 2.89. The van der Waals surface area contributed by atoms with E-state index < -0.39 is 29.1 Å². The molecule has 1 aliphatic rings. The minimum absolute atomic E-state index is 0.0301. The molecular formula is C19H33NO4. The van der Waals surface area contributed by atoms with E-state index in [1.807, 2.05) is 6.08 Å². The Morgan fingerprint density at radius 3 is 1.75 bits per heavy atom. The van der Waals surface area contributed by atoms with Crippen LogP contribution in [0.1, 0.15) is 60.8 Å². The molecule has 1 fully saturated rings. The predicted octanol–water partition coefficient (Wildman–Crippen LogP) is 3.33. The summed E-state index contributed by atoms with van der Waals surface area (Å²) in [6.45, 7) is 16.6. The third kappa shape index (κ3) is 7.04. The summed E-state index contributed by atoms with van der Waals surface area (Å²) in [5, 5.41) is 0. The van der Waals surface area contributed by atoms with Gasteiger partial charge in [-0.2, -0.15) is 0 Å². The van der Waals surface area contributed by atoms with Gasteiger partial charge in [-0.1, -0.05) is 6.08 Å². The molecule has 1 heterocycles. The first kappa shape index (κ1) is 20.7. The highest BCUT2D eigenvalue weighted by Crippen LogP contribution is 2.24. The molecule has 1 unspecified atom stereocenters. The van der Waals surface area contributed by atoms with Crippen molar-refractivity contribution in [3.8, 4) is 0 Å². The Labute approximate surface area is 146 Å². The number of rotatable bonds is 6. The van der Waals surface area contributed by atoms with E-state index in [0.29, 0.717) is 6.42 Å². The fourth-order valence-corrected chi connectivity index (χ4v) is 2.74. The number of ether oxygens (including phenoxy) is 2. The van der Waals surface area contributed by atoms with Gasteiger partial charge in [0.05, 0.1) is 0 Å². The van der Waals surface area contributed by atoms with Crippen molar-refractivity contribution in [2.45, 2.75) is 78.0 Å². The van der Waals surface area contributed by atoms with E-state index in [4.69, 9.17) is 9.47 Å². The Hall–Kier alpha value is -1.36. The summed E-state index contributed by atoms with van der Waals surface area (Å²) in [4.78, 5) is 27.4. The molecule has 138 valence electrons. The molecule has 0 radical (unpaired) electrons. The summed E-state index contributed by atoms with van der Waals surface area (Å²) < 4.78 is 10.9. The highest BCUT2D eigenvalue weighted by Gasteiger charge is 2.37. The standard InChI is InChI=1S/C19H33NO4/c1-8-14(20-11-9-10-12-20)13-15(16(21)23-18(2,3)4)17(22)24-19(5,6)7/h8,14-15H,1,9-13H2,2-7H3. The van der Waals surface area contributed by atoms with Crippen LogP contribution in [0.25, 0.3) is 0 Å². The largest absolute Gasteiger partial charge is 0.459 e. The molecule has 5 nitrogen and oxygen atoms in total. The molecule has 24 heavy (non-hydrogen) atoms. The molecule has 1 rings (SSSR count). The van der Waals surface area contributed by atoms with Crippen molar-refractivity contribution >= 4 is 11.9 Å². The van der Waals surface area contributed by atoms with Crippen molar-refractivity contribution in [2.75, 3.05) is 13.1 Å². The van der Waals surface area contributed by atoms with Crippen LogP contribution in [0.4, 0.5) is 0 Å². The minimum Gasteiger partial charge on any atom is -0.459 e. The number of nitrogens with zero attached hydrogens (tertiary/aromatic N) is 1. The smallest absolute Gasteiger partial charge is 0.320 e. The second-order valence-electron chi connectivity index (χ2n) is 8.40. The van der Waals surface area contributed by atoms with Crippen LogP contribution >= 0.6 is 0 Å². The van der Waals surface area contributed by atoms with Gasteiger partial charge in [-0.05, 0) is 73.9 Å². The van der Waals surface area contributed by atoms with E-state index in [0.717, 1.165) is 25.9 Å². The zero-order valence-corrected chi connectivity index (χ0v) is 16.1. The highest BCUT2D eigenvalue weighted by molar-refractivity contribution is 5.95. The summed E-state index contributed by atoms with van der Waals surface area (Å²) in [6, 6.07) is -0.0301. The molecule has 0 aromatic heterocycles. The second-order valence-corrected chi connectivity index (χ2v) is 8.40. The molecule has 5 heteroatoms. The van der Waals surface area contributed by atoms with E-state index >= 15 is 0 Å². The number of likely N-dealkylation sites (tertiary alicyclic amines) is 1. The maximum absolute atomic E-state index is 12.6. The minimum atomic E-state index is -0.938. The summed E-state index contributed by atoms with van der Waals surface area (Å²) in [5.74, 6) is -1.99. The third-order valence-electron chi connectivity index (χ3n) is 3.74. The number of carbonyl (C=O) groups is 2. The van der Waals surface area contributed by atoms with Gasteiger partial charge in [-0.25, -0.2) is 0 Å². The lowest BCUT2D eigenvalue weighted by Gasteiger charge is -2.30. The van der Waals surface area contributed by atoms with Gasteiger partial charge in [0.1, 0.15) is 11.2 Å². The molecule has 0 spiro atoms. The van der Waals surface area contributed by atoms with Gasteiger partial charge in [0.15, 0.2) is 5.92 Å². The Morgan fingerprint density at radius 1 is 1.00 bits per heavy atom. The van der Waals surface area contributed by atoms with Gasteiger partial charge in [0.25, 0.3) is 0 Å². The molecule has 0 amide bonds. The molecule has 0 aliphatic carbocycles. The quantitative estimate of drug-likeness (QED) is 0.422. The van der Waals surface area contributed by atoms with E-state index in [1.165, 1.54) is 0 Å². The molecular weight excluding hydrogens is 306 g/mol. The van der Waals surface area contributed by atoms with Gasteiger partial charge < -0.3 is 9.47 Å². The lowest BCUT2D eigenvalue weighted by molar-refractivity contribution is -0.175. The van der Waals surface area contributed by atoms with Gasteiger partial charge in [-0.3, -0.25) is 14.5 Å². The van der Waals surface area contributed by atoms with E-state index in [-0.39, 0.29) is 6.04 Å². The van der Waals surface area contributed by atoms with Crippen molar-refractivity contribution < 1.29 is 19.1 Å². The van der Waals surface area contributed by atoms with Gasteiger partial charge >= 0.3 is 11.9 Å². The first-order chi connectivity index (χ1) is 10.9. The lowest BCUT2D eigenvalue weighted by Crippen LogP contribution is -2.41. The number of hydrogen-bond acceptors (Lipinski definition) is 5. The fourth-order valence-electron chi connectivity index (χ4n) is 2.74. The molecule has 1 saturated heterocycles. The topological polar surface area (TPSA) is 55.8 Å². The molecule has 0 bridgehead atoms. The monoisotopic (exact) mass is 339 g/mol. The first-order valence-electron chi connectivity index (χ1n) is 8.75. The number of esters is 2. The second kappa shape index (κ2) is 8.15. The highest BCUT2D eigenvalue weighted by atomic mass is 16.6. The van der Waals surface area contributed by atoms with Crippen LogP contribution in [-0.2, 0) is 19.1 Å². The number of carbonyl (C=O) groups excluding carboxylic acids is 2. The number of hydrogen-bond donors (Lipinski definition) is 0. The molecule has 0 aromatic rings. The predicted molar refractivity (Wildman–Crippen MR) is 94.6 cm³/mol. The van der Waals surface area contributed by atoms with Crippen LogP contribution < -0.4 is 0 Å². The van der Waals surface area contributed by atoms with Crippen molar-refractivity contribution in [1.82, 2.24) is 4.90 Å². The SMILES string of the molecule is C=CC(CC(C(=O)OC(C)(C)C)C(=O)OC(C)(C)C)N1CCCC1. The van der Waals surface area contributed by atoms with Gasteiger partial charge in [0.2, 0.25) is 0 Å². The summed E-state index contributed by atoms with van der Waals surface area (Å²) in [5.41, 5.74) is -1.29. The maximum atomic E-state index is 12.6. The average molecular weight is 339 g/mol. The van der Waals surface area contributed by atoms with Gasteiger partial charge in [-0.15, -0.1) is 6.58 Å². The lowest BCUT2D eigenvalue weighted by atomic mass is 9.98. The Bertz CT molecular complexity index is 425. The Morgan fingerprint density at radius 2 is 1.42 bits per heavy atom. The van der Waals surface area contributed by atoms with Crippen LogP contribution in [-0.4, -0.2) is 47.2 Å². The zero-order chi connectivity index (χ0) is 18.5. The molecule has 1 atom stereocenters. The van der Waals surface area contributed by atoms with Crippen LogP contribution in [0.5, 0.6) is 0 Å². The maximum Gasteiger partial charge on any atom is 0.320 e. The van der Waals surface area contributed by atoms with Crippen LogP contribution in [0.3, 0.4) is 0 Å². The Balaban J connectivity index is 2.92. The summed E-state index contributed by atoms with van der Waals surface area (Å²) in [6.07, 6.45) is 4.42. The molecule has 0 N–H and O–H groups in total. The van der Waals surface area contributed by atoms with E-state index in [9.17, 15) is 9.59 Å². The molecule has 0 aromatic carbocycles. The van der Waals surface area contributed by atoms with Crippen LogP contribution in [0.15, 0.2) is 12.7 Å². The van der Waals surface area contributed by atoms with Crippen LogP contribution in [0, 0.1) is 5.92 Å². The fraction of sp³-hybridized carbons (Fsp3) is 0.789.